The number of hydrogen-bond acceptors (Lipinski definition) is 5. The zero-order valence-electron chi connectivity index (χ0n) is 13.4. The first-order valence-electron chi connectivity index (χ1n) is 7.91. The molecule has 1 aliphatic rings. The molecule has 1 amide bonds. The van der Waals surface area contributed by atoms with Crippen LogP contribution in [0.5, 0.6) is 5.75 Å². The van der Waals surface area contributed by atoms with Crippen LogP contribution in [-0.2, 0) is 4.79 Å². The van der Waals surface area contributed by atoms with Gasteiger partial charge in [0.15, 0.2) is 6.10 Å². The molecule has 1 saturated heterocycles. The zero-order valence-corrected chi connectivity index (χ0v) is 14.3. The van der Waals surface area contributed by atoms with Crippen LogP contribution in [-0.4, -0.2) is 40.0 Å². The first kappa shape index (κ1) is 15.9. The van der Waals surface area contributed by atoms with E-state index in [9.17, 15) is 4.79 Å². The number of ether oxygens (including phenoxy) is 1. The van der Waals surface area contributed by atoms with Gasteiger partial charge in [-0.2, -0.15) is 0 Å². The molecule has 0 spiro atoms. The van der Waals surface area contributed by atoms with E-state index in [1.165, 1.54) is 0 Å². The minimum Gasteiger partial charge on any atom is -0.479 e. The molecule has 1 aliphatic heterocycles. The smallest absolute Gasteiger partial charge is 0.263 e. The molecule has 0 radical (unpaired) electrons. The number of carbonyl (C=O) groups is 1. The van der Waals surface area contributed by atoms with Crippen molar-refractivity contribution in [2.24, 2.45) is 0 Å². The number of thiazole rings is 1. The lowest BCUT2D eigenvalue weighted by Gasteiger charge is -2.33. The Kier molecular flexibility index (Phi) is 4.91. The van der Waals surface area contributed by atoms with Crippen LogP contribution in [0.25, 0.3) is 0 Å². The minimum absolute atomic E-state index is 0.0341. The Bertz CT molecular complexity index is 659. The highest BCUT2D eigenvalue weighted by Crippen LogP contribution is 2.29. The summed E-state index contributed by atoms with van der Waals surface area (Å²) in [7, 11) is 0. The highest BCUT2D eigenvalue weighted by Gasteiger charge is 2.29. The second kappa shape index (κ2) is 7.08. The van der Waals surface area contributed by atoms with E-state index >= 15 is 0 Å². The fourth-order valence-corrected chi connectivity index (χ4v) is 3.79. The number of carbonyl (C=O) groups excluding carboxylic acids is 1. The van der Waals surface area contributed by atoms with Crippen molar-refractivity contribution in [3.05, 3.63) is 40.6 Å². The molecule has 0 aliphatic carbocycles. The van der Waals surface area contributed by atoms with Crippen LogP contribution >= 0.6 is 11.3 Å². The SMILES string of the molecule is Cc1csc([C@H]2CCCN(C(=O)[C@H](C)Oc3cccnc3)C2)n1. The largest absolute Gasteiger partial charge is 0.479 e. The van der Waals surface area contributed by atoms with Gasteiger partial charge in [-0.1, -0.05) is 0 Å². The Morgan fingerprint density at radius 3 is 3.09 bits per heavy atom. The van der Waals surface area contributed by atoms with E-state index in [0.717, 1.165) is 36.6 Å². The number of aromatic nitrogens is 2. The Hall–Kier alpha value is -1.95. The molecule has 0 unspecified atom stereocenters. The molecule has 23 heavy (non-hydrogen) atoms. The van der Waals surface area contributed by atoms with E-state index < -0.39 is 6.10 Å². The molecule has 0 aromatic carbocycles. The average molecular weight is 331 g/mol. The maximum Gasteiger partial charge on any atom is 0.263 e. The van der Waals surface area contributed by atoms with Gasteiger partial charge in [0.05, 0.1) is 11.2 Å². The molecule has 6 heteroatoms. The van der Waals surface area contributed by atoms with Gasteiger partial charge in [-0.3, -0.25) is 9.78 Å². The highest BCUT2D eigenvalue weighted by atomic mass is 32.1. The lowest BCUT2D eigenvalue weighted by molar-refractivity contribution is -0.139. The molecular formula is C17H21N3O2S. The number of piperidine rings is 1. The molecule has 1 fully saturated rings. The third kappa shape index (κ3) is 3.88. The van der Waals surface area contributed by atoms with E-state index in [2.05, 4.69) is 15.3 Å². The van der Waals surface area contributed by atoms with Gasteiger partial charge >= 0.3 is 0 Å². The number of nitrogens with zero attached hydrogens (tertiary/aromatic N) is 3. The second-order valence-electron chi connectivity index (χ2n) is 5.90. The zero-order chi connectivity index (χ0) is 16.2. The van der Waals surface area contributed by atoms with Crippen molar-refractivity contribution in [2.75, 3.05) is 13.1 Å². The Balaban J connectivity index is 1.62. The average Bonchev–Trinajstić information content (AvgIpc) is 3.02. The summed E-state index contributed by atoms with van der Waals surface area (Å²) in [5.41, 5.74) is 1.06. The van der Waals surface area contributed by atoms with Crippen LogP contribution in [0.2, 0.25) is 0 Å². The van der Waals surface area contributed by atoms with Crippen LogP contribution < -0.4 is 4.74 Å². The van der Waals surface area contributed by atoms with Crippen molar-refractivity contribution in [2.45, 2.75) is 38.7 Å². The predicted octanol–water partition coefficient (Wildman–Crippen LogP) is 3.02. The number of rotatable bonds is 4. The van der Waals surface area contributed by atoms with Gasteiger partial charge in [-0.05, 0) is 38.8 Å². The third-order valence-corrected chi connectivity index (χ3v) is 5.14. The van der Waals surface area contributed by atoms with E-state index in [0.29, 0.717) is 11.7 Å². The normalized spacial score (nSPS) is 19.4. The lowest BCUT2D eigenvalue weighted by atomic mass is 9.98. The fraction of sp³-hybridized carbons (Fsp3) is 0.471. The van der Waals surface area contributed by atoms with Crippen molar-refractivity contribution in [3.8, 4) is 5.75 Å². The van der Waals surface area contributed by atoms with Crippen molar-refractivity contribution in [1.82, 2.24) is 14.9 Å². The van der Waals surface area contributed by atoms with Gasteiger partial charge in [0.25, 0.3) is 5.91 Å². The predicted molar refractivity (Wildman–Crippen MR) is 89.7 cm³/mol. The first-order valence-corrected chi connectivity index (χ1v) is 8.79. The Morgan fingerprint density at radius 1 is 1.52 bits per heavy atom. The molecular weight excluding hydrogens is 310 g/mol. The molecule has 5 nitrogen and oxygen atoms in total. The van der Waals surface area contributed by atoms with Crippen LogP contribution in [0.1, 0.15) is 36.4 Å². The van der Waals surface area contributed by atoms with Gasteiger partial charge in [0.2, 0.25) is 0 Å². The summed E-state index contributed by atoms with van der Waals surface area (Å²) in [6, 6.07) is 3.61. The van der Waals surface area contributed by atoms with Crippen LogP contribution in [0.4, 0.5) is 0 Å². The molecule has 122 valence electrons. The van der Waals surface area contributed by atoms with E-state index in [1.807, 2.05) is 17.9 Å². The van der Waals surface area contributed by atoms with Gasteiger partial charge < -0.3 is 9.64 Å². The van der Waals surface area contributed by atoms with Crippen molar-refractivity contribution in [1.29, 1.82) is 0 Å². The lowest BCUT2D eigenvalue weighted by Crippen LogP contribution is -2.45. The van der Waals surface area contributed by atoms with Gasteiger partial charge in [0.1, 0.15) is 5.75 Å². The maximum atomic E-state index is 12.6. The van der Waals surface area contributed by atoms with Crippen molar-refractivity contribution < 1.29 is 9.53 Å². The summed E-state index contributed by atoms with van der Waals surface area (Å²) >= 11 is 1.69. The molecule has 0 saturated carbocycles. The molecule has 2 aromatic heterocycles. The molecule has 0 N–H and O–H groups in total. The van der Waals surface area contributed by atoms with E-state index in [4.69, 9.17) is 4.74 Å². The summed E-state index contributed by atoms with van der Waals surface area (Å²) in [4.78, 5) is 23.1. The number of amides is 1. The van der Waals surface area contributed by atoms with E-state index in [1.54, 1.807) is 36.7 Å². The molecule has 2 atom stereocenters. The quantitative estimate of drug-likeness (QED) is 0.864. The molecule has 3 rings (SSSR count). The summed E-state index contributed by atoms with van der Waals surface area (Å²) in [6.45, 7) is 5.33. The van der Waals surface area contributed by atoms with Gasteiger partial charge in [-0.15, -0.1) is 11.3 Å². The van der Waals surface area contributed by atoms with Crippen molar-refractivity contribution in [3.63, 3.8) is 0 Å². The number of likely N-dealkylation sites (tertiary alicyclic amines) is 1. The van der Waals surface area contributed by atoms with Crippen LogP contribution in [0.15, 0.2) is 29.9 Å². The monoisotopic (exact) mass is 331 g/mol. The first-order chi connectivity index (χ1) is 11.1. The number of aryl methyl sites for hydroxylation is 1. The summed E-state index contributed by atoms with van der Waals surface area (Å²) in [5.74, 6) is 1.00. The molecule has 0 bridgehead atoms. The molecule has 2 aromatic rings. The standard InChI is InChI=1S/C17H21N3O2S/c1-12-11-23-16(19-12)14-5-4-8-20(10-14)17(21)13(2)22-15-6-3-7-18-9-15/h3,6-7,9,11,13-14H,4-5,8,10H2,1-2H3/t13-,14-/m0/s1. The maximum absolute atomic E-state index is 12.6. The van der Waals surface area contributed by atoms with Gasteiger partial charge in [-0.25, -0.2) is 4.98 Å². The summed E-state index contributed by atoms with van der Waals surface area (Å²) in [6.07, 6.45) is 4.91. The summed E-state index contributed by atoms with van der Waals surface area (Å²) < 4.78 is 5.71. The highest BCUT2D eigenvalue weighted by molar-refractivity contribution is 7.09. The second-order valence-corrected chi connectivity index (χ2v) is 6.79. The van der Waals surface area contributed by atoms with E-state index in [-0.39, 0.29) is 5.91 Å². The topological polar surface area (TPSA) is 55.3 Å². The van der Waals surface area contributed by atoms with Crippen molar-refractivity contribution >= 4 is 17.2 Å². The molecule has 3 heterocycles. The third-order valence-electron chi connectivity index (χ3n) is 4.01. The van der Waals surface area contributed by atoms with Crippen LogP contribution in [0, 0.1) is 6.92 Å². The minimum atomic E-state index is -0.504. The number of pyridine rings is 1. The number of hydrogen-bond donors (Lipinski definition) is 0. The fourth-order valence-electron chi connectivity index (χ4n) is 2.87. The Labute approximate surface area is 140 Å². The Morgan fingerprint density at radius 2 is 2.39 bits per heavy atom. The summed E-state index contributed by atoms with van der Waals surface area (Å²) in [5, 5.41) is 3.21. The van der Waals surface area contributed by atoms with Crippen LogP contribution in [0.3, 0.4) is 0 Å². The van der Waals surface area contributed by atoms with Gasteiger partial charge in [0, 0.05) is 36.3 Å².